The minimum atomic E-state index is -0.680. The van der Waals surface area contributed by atoms with Crippen LogP contribution in [-0.4, -0.2) is 47.4 Å². The second kappa shape index (κ2) is 54.7. The molecule has 6 heteroatoms. The molecule has 0 aliphatic heterocycles. The second-order valence-corrected chi connectivity index (χ2v) is 19.6. The van der Waals surface area contributed by atoms with Gasteiger partial charge in [0.25, 0.3) is 0 Å². The quantitative estimate of drug-likeness (QED) is 0.0244. The van der Waals surface area contributed by atoms with Gasteiger partial charge in [-0.05, 0) is 83.5 Å². The maximum Gasteiger partial charge on any atom is 0.305 e. The summed E-state index contributed by atoms with van der Waals surface area (Å²) in [5.41, 5.74) is 0. The zero-order chi connectivity index (χ0) is 47.2. The first-order valence-electron chi connectivity index (χ1n) is 28.8. The van der Waals surface area contributed by atoms with Gasteiger partial charge in [-0.2, -0.15) is 0 Å². The van der Waals surface area contributed by atoms with E-state index in [9.17, 15) is 19.8 Å². The number of hydrogen-bond donors (Lipinski definition) is 3. The average molecular weight is 915 g/mol. The van der Waals surface area contributed by atoms with E-state index < -0.39 is 12.1 Å². The molecule has 6 nitrogen and oxygen atoms in total. The van der Waals surface area contributed by atoms with Crippen molar-refractivity contribution in [3.8, 4) is 0 Å². The van der Waals surface area contributed by atoms with Crippen LogP contribution in [0.15, 0.2) is 36.5 Å². The monoisotopic (exact) mass is 914 g/mol. The Morgan fingerprint density at radius 2 is 0.769 bits per heavy atom. The second-order valence-electron chi connectivity index (χ2n) is 19.6. The fourth-order valence-corrected chi connectivity index (χ4v) is 8.74. The number of esters is 1. The van der Waals surface area contributed by atoms with Crippen molar-refractivity contribution >= 4 is 11.9 Å². The Bertz CT molecular complexity index is 1060. The predicted octanol–water partition coefficient (Wildman–Crippen LogP) is 17.6. The minimum absolute atomic E-state index is 0.0308. The molecule has 0 fully saturated rings. The minimum Gasteiger partial charge on any atom is -0.466 e. The number of rotatable bonds is 53. The van der Waals surface area contributed by atoms with Gasteiger partial charge in [0.2, 0.25) is 5.91 Å². The number of amides is 1. The molecule has 0 saturated heterocycles. The molecule has 0 aromatic heterocycles. The normalized spacial score (nSPS) is 12.9. The van der Waals surface area contributed by atoms with Crippen molar-refractivity contribution in [3.63, 3.8) is 0 Å². The first-order valence-corrected chi connectivity index (χ1v) is 28.8. The number of aliphatic hydroxyl groups excluding tert-OH is 2. The third kappa shape index (κ3) is 51.3. The Kier molecular flexibility index (Phi) is 53.1. The van der Waals surface area contributed by atoms with Crippen molar-refractivity contribution in [2.75, 3.05) is 13.2 Å². The molecule has 0 rings (SSSR count). The van der Waals surface area contributed by atoms with Gasteiger partial charge in [0, 0.05) is 12.8 Å². The van der Waals surface area contributed by atoms with Crippen LogP contribution >= 0.6 is 0 Å². The molecule has 0 aromatic carbocycles. The van der Waals surface area contributed by atoms with Crippen LogP contribution in [0.5, 0.6) is 0 Å². The molecule has 0 bridgehead atoms. The van der Waals surface area contributed by atoms with Crippen molar-refractivity contribution in [1.29, 1.82) is 0 Å². The Hall–Kier alpha value is -1.92. The van der Waals surface area contributed by atoms with Crippen LogP contribution in [0.3, 0.4) is 0 Å². The number of carbonyl (C=O) groups is 2. The van der Waals surface area contributed by atoms with Crippen LogP contribution in [0.1, 0.15) is 303 Å². The van der Waals surface area contributed by atoms with Gasteiger partial charge < -0.3 is 20.3 Å². The summed E-state index contributed by atoms with van der Waals surface area (Å²) in [6, 6.07) is -0.559. The first kappa shape index (κ1) is 63.1. The lowest BCUT2D eigenvalue weighted by molar-refractivity contribution is -0.143. The van der Waals surface area contributed by atoms with Gasteiger partial charge in [-0.3, -0.25) is 9.59 Å². The van der Waals surface area contributed by atoms with E-state index in [0.29, 0.717) is 25.9 Å². The van der Waals surface area contributed by atoms with Gasteiger partial charge in [-0.15, -0.1) is 0 Å². The molecule has 382 valence electrons. The summed E-state index contributed by atoms with van der Waals surface area (Å²) in [5, 5.41) is 23.3. The van der Waals surface area contributed by atoms with E-state index in [1.54, 1.807) is 0 Å². The molecular formula is C59H111NO5. The lowest BCUT2D eigenvalue weighted by Crippen LogP contribution is -2.45. The summed E-state index contributed by atoms with van der Waals surface area (Å²) in [7, 11) is 0. The number of allylic oxidation sites excluding steroid dienone is 6. The largest absolute Gasteiger partial charge is 0.466 e. The fraction of sp³-hybridized carbons (Fsp3) is 0.864. The molecule has 0 heterocycles. The third-order valence-electron chi connectivity index (χ3n) is 13.2. The van der Waals surface area contributed by atoms with Crippen LogP contribution in [0, 0.1) is 0 Å². The van der Waals surface area contributed by atoms with Crippen molar-refractivity contribution in [2.45, 2.75) is 315 Å². The summed E-state index contributed by atoms with van der Waals surface area (Å²) in [4.78, 5) is 24.5. The van der Waals surface area contributed by atoms with E-state index in [1.165, 1.54) is 193 Å². The lowest BCUT2D eigenvalue weighted by atomic mass is 10.0. The number of hydrogen-bond acceptors (Lipinski definition) is 5. The molecule has 3 N–H and O–H groups in total. The summed E-state index contributed by atoms with van der Waals surface area (Å²) >= 11 is 0. The maximum absolute atomic E-state index is 12.5. The van der Waals surface area contributed by atoms with E-state index in [-0.39, 0.29) is 18.5 Å². The predicted molar refractivity (Wildman–Crippen MR) is 283 cm³/mol. The van der Waals surface area contributed by atoms with Crippen LogP contribution in [0.25, 0.3) is 0 Å². The van der Waals surface area contributed by atoms with E-state index in [2.05, 4.69) is 55.6 Å². The van der Waals surface area contributed by atoms with Gasteiger partial charge >= 0.3 is 5.97 Å². The van der Waals surface area contributed by atoms with Gasteiger partial charge in [0.05, 0.1) is 25.4 Å². The highest BCUT2D eigenvalue weighted by atomic mass is 16.5. The molecule has 0 aromatic rings. The molecule has 0 aliphatic rings. The number of unbranched alkanes of at least 4 members (excludes halogenated alkanes) is 37. The Morgan fingerprint density at radius 1 is 0.431 bits per heavy atom. The molecule has 0 radical (unpaired) electrons. The molecule has 0 aliphatic carbocycles. The molecule has 0 saturated carbocycles. The summed E-state index contributed by atoms with van der Waals surface area (Å²) in [6.07, 6.45) is 67.0. The summed E-state index contributed by atoms with van der Waals surface area (Å²) < 4.78 is 5.43. The van der Waals surface area contributed by atoms with Crippen molar-refractivity contribution in [1.82, 2.24) is 5.32 Å². The highest BCUT2D eigenvalue weighted by Gasteiger charge is 2.20. The topological polar surface area (TPSA) is 95.9 Å². The van der Waals surface area contributed by atoms with Crippen molar-refractivity contribution in [3.05, 3.63) is 36.5 Å². The van der Waals surface area contributed by atoms with Gasteiger partial charge in [0.15, 0.2) is 0 Å². The van der Waals surface area contributed by atoms with E-state index >= 15 is 0 Å². The maximum atomic E-state index is 12.5. The molecule has 2 unspecified atom stereocenters. The highest BCUT2D eigenvalue weighted by molar-refractivity contribution is 5.76. The van der Waals surface area contributed by atoms with Crippen LogP contribution in [0.4, 0.5) is 0 Å². The SMILES string of the molecule is CCCCCC/C=C\CCCCCCCC(=O)OCCCCC/C=C\C=C/CCCCCCCCC(=O)NC(CO)C(O)CCCCCCCCCCCCCCCCCCCCCC. The van der Waals surface area contributed by atoms with Crippen LogP contribution < -0.4 is 5.32 Å². The average Bonchev–Trinajstić information content (AvgIpc) is 3.31. The zero-order valence-electron chi connectivity index (χ0n) is 43.5. The number of nitrogens with one attached hydrogen (secondary N) is 1. The Balaban J connectivity index is 3.52. The highest BCUT2D eigenvalue weighted by Crippen LogP contribution is 2.17. The van der Waals surface area contributed by atoms with Gasteiger partial charge in [-0.1, -0.05) is 243 Å². The van der Waals surface area contributed by atoms with E-state index in [1.807, 2.05) is 0 Å². The number of ether oxygens (including phenoxy) is 1. The standard InChI is InChI=1S/C59H111NO5/c1-3-5-7-9-11-13-15-17-18-19-20-21-22-24-28-31-35-39-43-47-51-57(62)56(55-61)60-58(63)52-48-44-40-36-32-29-25-23-26-30-34-38-42-46-50-54-65-59(64)53-49-45-41-37-33-27-16-14-12-10-8-6-4-2/h14,16,23,26,30,34,56-57,61-62H,3-13,15,17-22,24-25,27-29,31-33,35-55H2,1-2H3,(H,60,63)/b16-14-,26-23-,34-30-. The van der Waals surface area contributed by atoms with Gasteiger partial charge in [0.1, 0.15) is 0 Å². The van der Waals surface area contributed by atoms with E-state index in [4.69, 9.17) is 4.74 Å². The van der Waals surface area contributed by atoms with Crippen molar-refractivity contribution < 1.29 is 24.5 Å². The van der Waals surface area contributed by atoms with Crippen LogP contribution in [0.2, 0.25) is 0 Å². The Labute approximate surface area is 404 Å². The van der Waals surface area contributed by atoms with E-state index in [0.717, 1.165) is 77.0 Å². The fourth-order valence-electron chi connectivity index (χ4n) is 8.74. The first-order chi connectivity index (χ1) is 32.0. The lowest BCUT2D eigenvalue weighted by Gasteiger charge is -2.22. The molecule has 0 spiro atoms. The number of aliphatic hydroxyl groups is 2. The third-order valence-corrected chi connectivity index (χ3v) is 13.2. The zero-order valence-corrected chi connectivity index (χ0v) is 43.5. The molecule has 65 heavy (non-hydrogen) atoms. The molecular weight excluding hydrogens is 803 g/mol. The summed E-state index contributed by atoms with van der Waals surface area (Å²) in [5.74, 6) is -0.0868. The smallest absolute Gasteiger partial charge is 0.305 e. The van der Waals surface area contributed by atoms with Crippen molar-refractivity contribution in [2.24, 2.45) is 0 Å². The van der Waals surface area contributed by atoms with Gasteiger partial charge in [-0.25, -0.2) is 0 Å². The molecule has 2 atom stereocenters. The number of carbonyl (C=O) groups excluding carboxylic acids is 2. The molecule has 1 amide bonds. The van der Waals surface area contributed by atoms with Crippen LogP contribution in [-0.2, 0) is 14.3 Å². The Morgan fingerprint density at radius 3 is 1.20 bits per heavy atom. The summed E-state index contributed by atoms with van der Waals surface area (Å²) in [6.45, 7) is 4.89.